The van der Waals surface area contributed by atoms with Gasteiger partial charge >= 0.3 is 0 Å². The number of fused-ring (bicyclic) bond motifs is 1. The molecule has 7 nitrogen and oxygen atoms in total. The third kappa shape index (κ3) is 4.53. The molecule has 1 saturated heterocycles. The molecule has 0 atom stereocenters. The molecule has 1 aliphatic heterocycles. The third-order valence-corrected chi connectivity index (χ3v) is 6.72. The van der Waals surface area contributed by atoms with E-state index in [9.17, 15) is 13.2 Å². The van der Waals surface area contributed by atoms with Gasteiger partial charge in [-0.3, -0.25) is 14.0 Å². The molecule has 0 aliphatic carbocycles. The van der Waals surface area contributed by atoms with Crippen LogP contribution in [-0.2, 0) is 14.8 Å². The highest BCUT2D eigenvalue weighted by molar-refractivity contribution is 7.92. The van der Waals surface area contributed by atoms with Crippen molar-refractivity contribution in [2.24, 2.45) is 0 Å². The van der Waals surface area contributed by atoms with Gasteiger partial charge in [-0.05, 0) is 29.7 Å². The Kier molecular flexibility index (Phi) is 5.81. The summed E-state index contributed by atoms with van der Waals surface area (Å²) in [4.78, 5) is 15.3. The zero-order valence-corrected chi connectivity index (χ0v) is 16.5. The van der Waals surface area contributed by atoms with Crippen LogP contribution in [0.1, 0.15) is 9.67 Å². The number of rotatable bonds is 6. The highest BCUT2D eigenvalue weighted by Crippen LogP contribution is 2.29. The van der Waals surface area contributed by atoms with E-state index in [4.69, 9.17) is 4.74 Å². The van der Waals surface area contributed by atoms with Gasteiger partial charge in [-0.2, -0.15) is 0 Å². The number of nitrogens with one attached hydrogen (secondary N) is 1. The zero-order valence-electron chi connectivity index (χ0n) is 14.9. The van der Waals surface area contributed by atoms with Crippen molar-refractivity contribution in [3.8, 4) is 0 Å². The number of morpholine rings is 1. The summed E-state index contributed by atoms with van der Waals surface area (Å²) in [5.41, 5.74) is 0.581. The smallest absolute Gasteiger partial charge is 0.261 e. The molecule has 1 aromatic carbocycles. The summed E-state index contributed by atoms with van der Waals surface area (Å²) in [6.45, 7) is 4.69. The molecule has 1 aromatic heterocycles. The van der Waals surface area contributed by atoms with Gasteiger partial charge in [0.2, 0.25) is 10.0 Å². The van der Waals surface area contributed by atoms with Crippen molar-refractivity contribution in [3.05, 3.63) is 29.1 Å². The zero-order chi connectivity index (χ0) is 18.7. The fourth-order valence-corrected chi connectivity index (χ4v) is 4.23. The monoisotopic (exact) mass is 397 g/mol. The maximum absolute atomic E-state index is 12.4. The van der Waals surface area contributed by atoms with E-state index in [1.807, 2.05) is 12.1 Å². The van der Waals surface area contributed by atoms with E-state index in [-0.39, 0.29) is 5.91 Å². The Morgan fingerprint density at radius 1 is 1.31 bits per heavy atom. The SMILES string of the molecule is CN(c1ccc2sc(C(=O)NCCN3CCOCC3)cc2c1)S(C)(=O)=O. The second-order valence-corrected chi connectivity index (χ2v) is 9.37. The van der Waals surface area contributed by atoms with Gasteiger partial charge in [0.25, 0.3) is 5.91 Å². The Morgan fingerprint density at radius 2 is 2.04 bits per heavy atom. The number of carbonyl (C=O) groups excluding carboxylic acids is 1. The molecule has 2 heterocycles. The molecule has 0 radical (unpaired) electrons. The molecule has 1 aliphatic rings. The van der Waals surface area contributed by atoms with Crippen LogP contribution < -0.4 is 9.62 Å². The highest BCUT2D eigenvalue weighted by atomic mass is 32.2. The van der Waals surface area contributed by atoms with Gasteiger partial charge in [-0.15, -0.1) is 11.3 Å². The minimum absolute atomic E-state index is 0.0996. The number of hydrogen-bond acceptors (Lipinski definition) is 6. The molecular formula is C17H23N3O4S2. The molecule has 0 saturated carbocycles. The van der Waals surface area contributed by atoms with Crippen LogP contribution in [0.15, 0.2) is 24.3 Å². The minimum Gasteiger partial charge on any atom is -0.379 e. The average Bonchev–Trinajstić information content (AvgIpc) is 3.04. The maximum atomic E-state index is 12.4. The van der Waals surface area contributed by atoms with Crippen molar-refractivity contribution in [2.75, 3.05) is 57.0 Å². The lowest BCUT2D eigenvalue weighted by Crippen LogP contribution is -2.41. The number of ether oxygens (including phenoxy) is 1. The lowest BCUT2D eigenvalue weighted by molar-refractivity contribution is 0.0383. The Balaban J connectivity index is 1.65. The van der Waals surface area contributed by atoms with Gasteiger partial charge in [0, 0.05) is 37.9 Å². The molecule has 0 unspecified atom stereocenters. The lowest BCUT2D eigenvalue weighted by Gasteiger charge is -2.26. The minimum atomic E-state index is -3.31. The summed E-state index contributed by atoms with van der Waals surface area (Å²) in [5, 5.41) is 3.81. The number of nitrogens with zero attached hydrogens (tertiary/aromatic N) is 2. The summed E-state index contributed by atoms with van der Waals surface area (Å²) in [5.74, 6) is -0.0996. The molecular weight excluding hydrogens is 374 g/mol. The Morgan fingerprint density at radius 3 is 2.73 bits per heavy atom. The van der Waals surface area contributed by atoms with Gasteiger partial charge in [-0.1, -0.05) is 0 Å². The van der Waals surface area contributed by atoms with E-state index < -0.39 is 10.0 Å². The third-order valence-electron chi connectivity index (χ3n) is 4.40. The van der Waals surface area contributed by atoms with E-state index in [1.54, 1.807) is 12.1 Å². The number of sulfonamides is 1. The maximum Gasteiger partial charge on any atom is 0.261 e. The van der Waals surface area contributed by atoms with Gasteiger partial charge in [0.05, 0.1) is 30.0 Å². The molecule has 142 valence electrons. The predicted molar refractivity (Wildman–Crippen MR) is 105 cm³/mol. The second-order valence-electron chi connectivity index (χ2n) is 6.27. The first-order valence-corrected chi connectivity index (χ1v) is 11.1. The summed E-state index contributed by atoms with van der Waals surface area (Å²) >= 11 is 1.41. The standard InChI is InChI=1S/C17H23N3O4S2/c1-19(26(2,22)23)14-3-4-15-13(11-14)12-16(25-15)17(21)18-5-6-20-7-9-24-10-8-20/h3-4,11-12H,5-10H2,1-2H3,(H,18,21). The summed E-state index contributed by atoms with van der Waals surface area (Å²) in [7, 11) is -1.80. The molecule has 1 amide bonds. The van der Waals surface area contributed by atoms with Crippen LogP contribution >= 0.6 is 11.3 Å². The van der Waals surface area contributed by atoms with Gasteiger partial charge in [0.1, 0.15) is 0 Å². The average molecular weight is 398 g/mol. The Hall–Kier alpha value is -1.68. The Bertz CT molecular complexity index is 889. The van der Waals surface area contributed by atoms with Gasteiger partial charge in [-0.25, -0.2) is 8.42 Å². The highest BCUT2D eigenvalue weighted by Gasteiger charge is 2.15. The number of hydrogen-bond donors (Lipinski definition) is 1. The lowest BCUT2D eigenvalue weighted by atomic mass is 10.2. The fraction of sp³-hybridized carbons (Fsp3) is 0.471. The summed E-state index contributed by atoms with van der Waals surface area (Å²) < 4.78 is 30.9. The van der Waals surface area contributed by atoms with Crippen molar-refractivity contribution in [3.63, 3.8) is 0 Å². The van der Waals surface area contributed by atoms with Crippen molar-refractivity contribution in [1.29, 1.82) is 0 Å². The normalized spacial score (nSPS) is 15.9. The van der Waals surface area contributed by atoms with Crippen molar-refractivity contribution in [1.82, 2.24) is 10.2 Å². The first-order chi connectivity index (χ1) is 12.3. The quantitative estimate of drug-likeness (QED) is 0.796. The molecule has 1 fully saturated rings. The number of anilines is 1. The molecule has 3 rings (SSSR count). The number of carbonyl (C=O) groups is 1. The van der Waals surface area contributed by atoms with Crippen molar-refractivity contribution in [2.45, 2.75) is 0 Å². The van der Waals surface area contributed by atoms with E-state index >= 15 is 0 Å². The molecule has 9 heteroatoms. The van der Waals surface area contributed by atoms with E-state index in [2.05, 4.69) is 10.2 Å². The van der Waals surface area contributed by atoms with Crippen molar-refractivity contribution >= 4 is 43.0 Å². The van der Waals surface area contributed by atoms with Crippen LogP contribution in [0, 0.1) is 0 Å². The predicted octanol–water partition coefficient (Wildman–Crippen LogP) is 1.36. The van der Waals surface area contributed by atoms with E-state index in [0.29, 0.717) is 17.1 Å². The number of thiophene rings is 1. The van der Waals surface area contributed by atoms with E-state index in [0.717, 1.165) is 49.2 Å². The summed E-state index contributed by atoms with van der Waals surface area (Å²) in [6.07, 6.45) is 1.16. The van der Waals surface area contributed by atoms with Crippen molar-refractivity contribution < 1.29 is 17.9 Å². The van der Waals surface area contributed by atoms with Crippen LogP contribution in [0.2, 0.25) is 0 Å². The second kappa shape index (κ2) is 7.91. The molecule has 0 bridgehead atoms. The van der Waals surface area contributed by atoms with Gasteiger partial charge in [0.15, 0.2) is 0 Å². The van der Waals surface area contributed by atoms with Gasteiger partial charge < -0.3 is 10.1 Å². The molecule has 1 N–H and O–H groups in total. The molecule has 26 heavy (non-hydrogen) atoms. The van der Waals surface area contributed by atoms with Crippen LogP contribution in [0.4, 0.5) is 5.69 Å². The van der Waals surface area contributed by atoms with E-state index in [1.165, 1.54) is 22.7 Å². The molecule has 2 aromatic rings. The first kappa shape index (κ1) is 19.1. The Labute approximate surface area is 157 Å². The molecule has 0 spiro atoms. The van der Waals surface area contributed by atoms with Crippen LogP contribution in [-0.4, -0.2) is 71.9 Å². The van der Waals surface area contributed by atoms with Crippen LogP contribution in [0.3, 0.4) is 0 Å². The number of amides is 1. The van der Waals surface area contributed by atoms with Crippen LogP contribution in [0.25, 0.3) is 10.1 Å². The summed E-state index contributed by atoms with van der Waals surface area (Å²) in [6, 6.07) is 7.20. The fourth-order valence-electron chi connectivity index (χ4n) is 2.77. The number of benzene rings is 1. The largest absolute Gasteiger partial charge is 0.379 e. The topological polar surface area (TPSA) is 79.0 Å². The first-order valence-electron chi connectivity index (χ1n) is 8.40. The van der Waals surface area contributed by atoms with Crippen LogP contribution in [0.5, 0.6) is 0 Å².